The largest absolute Gasteiger partial charge is 0.397 e. The molecular formula is C10H11N3O2. The number of amides is 1. The van der Waals surface area contributed by atoms with Crippen molar-refractivity contribution in [3.63, 3.8) is 0 Å². The number of nitrogen functional groups attached to an aromatic ring is 1. The first kappa shape index (κ1) is 11.0. The molecule has 3 N–H and O–H groups in total. The lowest BCUT2D eigenvalue weighted by Crippen LogP contribution is -2.17. The van der Waals surface area contributed by atoms with Crippen LogP contribution in [0.5, 0.6) is 0 Å². The van der Waals surface area contributed by atoms with Crippen molar-refractivity contribution in [2.75, 3.05) is 24.8 Å². The molecule has 0 fully saturated rings. The topological polar surface area (TPSA) is 88.1 Å². The smallest absolute Gasteiger partial charge is 0.250 e. The maximum absolute atomic E-state index is 11.2. The van der Waals surface area contributed by atoms with Crippen molar-refractivity contribution in [2.45, 2.75) is 0 Å². The molecular weight excluding hydrogens is 194 g/mol. The summed E-state index contributed by atoms with van der Waals surface area (Å²) in [4.78, 5) is 11.2. The summed E-state index contributed by atoms with van der Waals surface area (Å²) in [5.41, 5.74) is 6.93. The number of hydrogen-bond acceptors (Lipinski definition) is 4. The lowest BCUT2D eigenvalue weighted by molar-refractivity contribution is -0.119. The fraction of sp³-hybridized carbons (Fsp3) is 0.200. The third-order valence-corrected chi connectivity index (χ3v) is 1.73. The number of ether oxygens (including phenoxy) is 1. The van der Waals surface area contributed by atoms with Crippen molar-refractivity contribution >= 4 is 17.3 Å². The minimum absolute atomic E-state index is 0.0283. The van der Waals surface area contributed by atoms with Gasteiger partial charge in [0.25, 0.3) is 0 Å². The van der Waals surface area contributed by atoms with Gasteiger partial charge >= 0.3 is 0 Å². The van der Waals surface area contributed by atoms with E-state index in [0.29, 0.717) is 16.9 Å². The molecule has 0 aliphatic carbocycles. The zero-order valence-electron chi connectivity index (χ0n) is 8.28. The molecule has 0 atom stereocenters. The summed E-state index contributed by atoms with van der Waals surface area (Å²) < 4.78 is 4.66. The zero-order valence-corrected chi connectivity index (χ0v) is 8.28. The Kier molecular flexibility index (Phi) is 3.66. The Hall–Kier alpha value is -2.06. The van der Waals surface area contributed by atoms with Crippen molar-refractivity contribution in [1.29, 1.82) is 5.26 Å². The summed E-state index contributed by atoms with van der Waals surface area (Å²) in [6.45, 7) is -0.0283. The van der Waals surface area contributed by atoms with Gasteiger partial charge in [-0.3, -0.25) is 4.79 Å². The van der Waals surface area contributed by atoms with Gasteiger partial charge in [0, 0.05) is 7.11 Å². The number of rotatable bonds is 3. The average Bonchev–Trinajstić information content (AvgIpc) is 2.21. The van der Waals surface area contributed by atoms with Crippen LogP contribution in [0.15, 0.2) is 18.2 Å². The number of anilines is 2. The summed E-state index contributed by atoms with van der Waals surface area (Å²) in [5, 5.41) is 11.2. The standard InChI is InChI=1S/C10H11N3O2/c1-15-6-10(14)13-9-3-2-7(5-11)4-8(9)12/h2-4H,6,12H2,1H3,(H,13,14). The fourth-order valence-corrected chi connectivity index (χ4v) is 1.06. The molecule has 15 heavy (non-hydrogen) atoms. The van der Waals surface area contributed by atoms with Gasteiger partial charge in [0.05, 0.1) is 23.0 Å². The quantitative estimate of drug-likeness (QED) is 0.712. The zero-order chi connectivity index (χ0) is 11.3. The highest BCUT2D eigenvalue weighted by Crippen LogP contribution is 2.19. The number of methoxy groups -OCH3 is 1. The van der Waals surface area contributed by atoms with E-state index in [9.17, 15) is 4.79 Å². The van der Waals surface area contributed by atoms with E-state index in [-0.39, 0.29) is 12.5 Å². The Labute approximate surface area is 87.4 Å². The minimum atomic E-state index is -0.283. The number of nitrogens with two attached hydrogens (primary N) is 1. The minimum Gasteiger partial charge on any atom is -0.397 e. The summed E-state index contributed by atoms with van der Waals surface area (Å²) >= 11 is 0. The van der Waals surface area contributed by atoms with Crippen LogP contribution in [0.1, 0.15) is 5.56 Å². The van der Waals surface area contributed by atoms with Crippen LogP contribution in [0, 0.1) is 11.3 Å². The molecule has 5 heteroatoms. The van der Waals surface area contributed by atoms with Crippen molar-refractivity contribution in [1.82, 2.24) is 0 Å². The van der Waals surface area contributed by atoms with Gasteiger partial charge in [-0.1, -0.05) is 0 Å². The molecule has 0 saturated carbocycles. The molecule has 78 valence electrons. The van der Waals surface area contributed by atoms with Crippen LogP contribution in [0.2, 0.25) is 0 Å². The lowest BCUT2D eigenvalue weighted by Gasteiger charge is -2.07. The van der Waals surface area contributed by atoms with Crippen LogP contribution < -0.4 is 11.1 Å². The highest BCUT2D eigenvalue weighted by atomic mass is 16.5. The van der Waals surface area contributed by atoms with E-state index in [4.69, 9.17) is 11.0 Å². The molecule has 0 bridgehead atoms. The van der Waals surface area contributed by atoms with Crippen molar-refractivity contribution < 1.29 is 9.53 Å². The Morgan fingerprint density at radius 2 is 2.40 bits per heavy atom. The van der Waals surface area contributed by atoms with E-state index in [1.54, 1.807) is 12.1 Å². The van der Waals surface area contributed by atoms with Crippen molar-refractivity contribution in [3.8, 4) is 6.07 Å². The molecule has 0 heterocycles. The molecule has 0 radical (unpaired) electrons. The number of carbonyl (C=O) groups excluding carboxylic acids is 1. The summed E-state index contributed by atoms with van der Waals surface area (Å²) in [6, 6.07) is 6.63. The third kappa shape index (κ3) is 2.97. The first-order valence-electron chi connectivity index (χ1n) is 4.25. The first-order valence-corrected chi connectivity index (χ1v) is 4.25. The van der Waals surface area contributed by atoms with Gasteiger partial charge in [-0.05, 0) is 18.2 Å². The normalized spacial score (nSPS) is 9.33. The van der Waals surface area contributed by atoms with Gasteiger partial charge in [0.15, 0.2) is 0 Å². The van der Waals surface area contributed by atoms with Crippen LogP contribution in [0.3, 0.4) is 0 Å². The summed E-state index contributed by atoms with van der Waals surface area (Å²) in [5.74, 6) is -0.283. The van der Waals surface area contributed by atoms with Crippen molar-refractivity contribution in [3.05, 3.63) is 23.8 Å². The van der Waals surface area contributed by atoms with Gasteiger partial charge in [-0.15, -0.1) is 0 Å². The number of carbonyl (C=O) groups is 1. The summed E-state index contributed by atoms with van der Waals surface area (Å²) in [6.07, 6.45) is 0. The van der Waals surface area contributed by atoms with Crippen LogP contribution >= 0.6 is 0 Å². The molecule has 1 rings (SSSR count). The van der Waals surface area contributed by atoms with E-state index in [2.05, 4.69) is 10.1 Å². The monoisotopic (exact) mass is 205 g/mol. The number of benzene rings is 1. The van der Waals surface area contributed by atoms with Gasteiger partial charge in [-0.2, -0.15) is 5.26 Å². The maximum atomic E-state index is 11.2. The highest BCUT2D eigenvalue weighted by molar-refractivity contribution is 5.94. The summed E-state index contributed by atoms with van der Waals surface area (Å²) in [7, 11) is 1.43. The van der Waals surface area contributed by atoms with Crippen LogP contribution in [-0.4, -0.2) is 19.6 Å². The van der Waals surface area contributed by atoms with E-state index < -0.39 is 0 Å². The molecule has 0 spiro atoms. The molecule has 1 aromatic carbocycles. The lowest BCUT2D eigenvalue weighted by atomic mass is 10.2. The van der Waals surface area contributed by atoms with E-state index in [1.165, 1.54) is 13.2 Å². The van der Waals surface area contributed by atoms with Crippen LogP contribution in [-0.2, 0) is 9.53 Å². The predicted octanol–water partition coefficient (Wildman–Crippen LogP) is 0.725. The molecule has 0 unspecified atom stereocenters. The van der Waals surface area contributed by atoms with E-state index in [0.717, 1.165) is 0 Å². The molecule has 0 aliphatic heterocycles. The van der Waals surface area contributed by atoms with Gasteiger partial charge in [-0.25, -0.2) is 0 Å². The third-order valence-electron chi connectivity index (χ3n) is 1.73. The second-order valence-electron chi connectivity index (χ2n) is 2.90. The Morgan fingerprint density at radius 3 is 2.93 bits per heavy atom. The molecule has 1 aromatic rings. The average molecular weight is 205 g/mol. The number of nitriles is 1. The van der Waals surface area contributed by atoms with E-state index >= 15 is 0 Å². The van der Waals surface area contributed by atoms with Gasteiger partial charge in [0.1, 0.15) is 6.61 Å². The second kappa shape index (κ2) is 4.98. The molecule has 0 aromatic heterocycles. The number of nitrogens with zero attached hydrogens (tertiary/aromatic N) is 1. The number of nitrogens with one attached hydrogen (secondary N) is 1. The first-order chi connectivity index (χ1) is 7.17. The Morgan fingerprint density at radius 1 is 1.67 bits per heavy atom. The number of hydrogen-bond donors (Lipinski definition) is 2. The maximum Gasteiger partial charge on any atom is 0.250 e. The Bertz CT molecular complexity index is 410. The van der Waals surface area contributed by atoms with Gasteiger partial charge < -0.3 is 15.8 Å². The van der Waals surface area contributed by atoms with Crippen molar-refractivity contribution in [2.24, 2.45) is 0 Å². The Balaban J connectivity index is 2.79. The van der Waals surface area contributed by atoms with Gasteiger partial charge in [0.2, 0.25) is 5.91 Å². The molecule has 1 amide bonds. The fourth-order valence-electron chi connectivity index (χ4n) is 1.06. The molecule has 0 saturated heterocycles. The van der Waals surface area contributed by atoms with Crippen LogP contribution in [0.25, 0.3) is 0 Å². The van der Waals surface area contributed by atoms with E-state index in [1.807, 2.05) is 6.07 Å². The molecule has 0 aliphatic rings. The predicted molar refractivity (Wildman–Crippen MR) is 56.1 cm³/mol. The van der Waals surface area contributed by atoms with Crippen LogP contribution in [0.4, 0.5) is 11.4 Å². The SMILES string of the molecule is COCC(=O)Nc1ccc(C#N)cc1N. The highest BCUT2D eigenvalue weighted by Gasteiger charge is 2.04. The second-order valence-corrected chi connectivity index (χ2v) is 2.90. The molecule has 5 nitrogen and oxygen atoms in total.